The maximum absolute atomic E-state index is 11.3. The second-order valence-corrected chi connectivity index (χ2v) is 6.58. The Hall–Kier alpha value is 0.420. The fourth-order valence-electron chi connectivity index (χ4n) is 0.733. The first-order valence-corrected chi connectivity index (χ1v) is 6.98. The predicted molar refractivity (Wildman–Crippen MR) is 59.7 cm³/mol. The molecule has 0 heterocycles. The standard InChI is InChI=1S/C7H5Br2ClO2S/c8-6-2-1-5(3-7(6)9)13(11,12)4-10/h1-3H,4H2. The van der Waals surface area contributed by atoms with Gasteiger partial charge < -0.3 is 0 Å². The zero-order chi connectivity index (χ0) is 10.1. The van der Waals surface area contributed by atoms with Crippen LogP contribution in [0.5, 0.6) is 0 Å². The zero-order valence-corrected chi connectivity index (χ0v) is 11.0. The van der Waals surface area contributed by atoms with Crippen molar-refractivity contribution in [3.05, 3.63) is 27.1 Å². The van der Waals surface area contributed by atoms with E-state index >= 15 is 0 Å². The largest absolute Gasteiger partial charge is 0.222 e. The SMILES string of the molecule is O=S(=O)(CCl)c1ccc(Br)c(Br)c1. The van der Waals surface area contributed by atoms with Crippen LogP contribution in [0.15, 0.2) is 32.0 Å². The molecule has 0 fully saturated rings. The van der Waals surface area contributed by atoms with Crippen LogP contribution in [0.3, 0.4) is 0 Å². The molecule has 0 aromatic heterocycles. The lowest BCUT2D eigenvalue weighted by atomic mass is 10.4. The van der Waals surface area contributed by atoms with Crippen molar-refractivity contribution in [2.24, 2.45) is 0 Å². The smallest absolute Gasteiger partial charge is 0.192 e. The van der Waals surface area contributed by atoms with E-state index in [4.69, 9.17) is 11.6 Å². The first kappa shape index (κ1) is 11.5. The van der Waals surface area contributed by atoms with Crippen LogP contribution >= 0.6 is 43.5 Å². The molecule has 0 saturated carbocycles. The molecule has 0 spiro atoms. The summed E-state index contributed by atoms with van der Waals surface area (Å²) in [7, 11) is -3.32. The zero-order valence-electron chi connectivity index (χ0n) is 6.30. The summed E-state index contributed by atoms with van der Waals surface area (Å²) >= 11 is 11.8. The van der Waals surface area contributed by atoms with Crippen molar-refractivity contribution in [2.75, 3.05) is 5.21 Å². The molecule has 1 rings (SSSR count). The third kappa shape index (κ3) is 2.68. The van der Waals surface area contributed by atoms with Gasteiger partial charge in [0.25, 0.3) is 0 Å². The average Bonchev–Trinajstić information content (AvgIpc) is 2.09. The number of hydrogen-bond acceptors (Lipinski definition) is 2. The second kappa shape index (κ2) is 4.29. The molecule has 6 heteroatoms. The molecule has 0 amide bonds. The van der Waals surface area contributed by atoms with E-state index in [1.807, 2.05) is 0 Å². The van der Waals surface area contributed by atoms with Gasteiger partial charge in [0.2, 0.25) is 0 Å². The van der Waals surface area contributed by atoms with Gasteiger partial charge in [0.1, 0.15) is 5.21 Å². The summed E-state index contributed by atoms with van der Waals surface area (Å²) in [6, 6.07) is 4.68. The number of halogens is 3. The van der Waals surface area contributed by atoms with E-state index in [-0.39, 0.29) is 4.90 Å². The minimum absolute atomic E-state index is 0.220. The van der Waals surface area contributed by atoms with Crippen molar-refractivity contribution in [1.82, 2.24) is 0 Å². The molecule has 0 aliphatic carbocycles. The topological polar surface area (TPSA) is 34.1 Å². The van der Waals surface area contributed by atoms with E-state index in [9.17, 15) is 8.42 Å². The van der Waals surface area contributed by atoms with E-state index in [0.29, 0.717) is 4.47 Å². The summed E-state index contributed by atoms with van der Waals surface area (Å²) in [5.41, 5.74) is 0. The lowest BCUT2D eigenvalue weighted by molar-refractivity contribution is 0.600. The highest BCUT2D eigenvalue weighted by Gasteiger charge is 2.13. The first-order chi connectivity index (χ1) is 5.97. The normalized spacial score (nSPS) is 11.6. The number of alkyl halides is 1. The number of rotatable bonds is 2. The van der Waals surface area contributed by atoms with Gasteiger partial charge in [-0.1, -0.05) is 0 Å². The van der Waals surface area contributed by atoms with E-state index in [2.05, 4.69) is 31.9 Å². The molecule has 0 radical (unpaired) electrons. The lowest BCUT2D eigenvalue weighted by Gasteiger charge is -2.01. The molecule has 2 nitrogen and oxygen atoms in total. The number of hydrogen-bond donors (Lipinski definition) is 0. The molecule has 1 aromatic carbocycles. The molecule has 0 aliphatic rings. The monoisotopic (exact) mass is 346 g/mol. The second-order valence-electron chi connectivity index (χ2n) is 2.30. The van der Waals surface area contributed by atoms with E-state index in [0.717, 1.165) is 4.47 Å². The van der Waals surface area contributed by atoms with Crippen molar-refractivity contribution in [1.29, 1.82) is 0 Å². The number of benzene rings is 1. The summed E-state index contributed by atoms with van der Waals surface area (Å²) in [6.45, 7) is 0. The van der Waals surface area contributed by atoms with Crippen LogP contribution in [0.25, 0.3) is 0 Å². The Bertz CT molecular complexity index is 417. The van der Waals surface area contributed by atoms with Crippen LogP contribution in [-0.2, 0) is 9.84 Å². The quantitative estimate of drug-likeness (QED) is 0.769. The predicted octanol–water partition coefficient (Wildman–Crippen LogP) is 3.18. The summed E-state index contributed by atoms with van der Waals surface area (Å²) in [6.07, 6.45) is 0. The minimum Gasteiger partial charge on any atom is -0.222 e. The van der Waals surface area contributed by atoms with E-state index < -0.39 is 15.0 Å². The molecule has 72 valence electrons. The highest BCUT2D eigenvalue weighted by molar-refractivity contribution is 9.13. The number of sulfone groups is 1. The average molecular weight is 348 g/mol. The molecule has 0 atom stereocenters. The Morgan fingerprint density at radius 2 is 1.85 bits per heavy atom. The van der Waals surface area contributed by atoms with Crippen LogP contribution in [0.4, 0.5) is 0 Å². The molecular formula is C7H5Br2ClO2S. The fourth-order valence-corrected chi connectivity index (χ4v) is 2.59. The third-order valence-corrected chi connectivity index (χ3v) is 5.39. The molecular weight excluding hydrogens is 343 g/mol. The van der Waals surface area contributed by atoms with E-state index in [1.165, 1.54) is 12.1 Å². The van der Waals surface area contributed by atoms with Crippen LogP contribution < -0.4 is 0 Å². The third-order valence-electron chi connectivity index (χ3n) is 1.39. The van der Waals surface area contributed by atoms with Crippen LogP contribution in [0.1, 0.15) is 0 Å². The Kier molecular flexibility index (Phi) is 3.80. The van der Waals surface area contributed by atoms with Gasteiger partial charge in [0, 0.05) is 8.95 Å². The summed E-state index contributed by atoms with van der Waals surface area (Å²) in [5, 5.41) is -0.402. The van der Waals surface area contributed by atoms with Crippen molar-refractivity contribution in [3.8, 4) is 0 Å². The minimum atomic E-state index is -3.32. The summed E-state index contributed by atoms with van der Waals surface area (Å²) < 4.78 is 24.1. The van der Waals surface area contributed by atoms with Gasteiger partial charge in [-0.15, -0.1) is 11.6 Å². The Labute approximate surface area is 98.5 Å². The van der Waals surface area contributed by atoms with Crippen LogP contribution in [-0.4, -0.2) is 13.6 Å². The highest BCUT2D eigenvalue weighted by atomic mass is 79.9. The molecule has 0 unspecified atom stereocenters. The highest BCUT2D eigenvalue weighted by Crippen LogP contribution is 2.26. The van der Waals surface area contributed by atoms with Crippen molar-refractivity contribution < 1.29 is 8.42 Å². The van der Waals surface area contributed by atoms with Crippen molar-refractivity contribution in [3.63, 3.8) is 0 Å². The fraction of sp³-hybridized carbons (Fsp3) is 0.143. The Balaban J connectivity index is 3.27. The molecule has 0 N–H and O–H groups in total. The van der Waals surface area contributed by atoms with Gasteiger partial charge in [-0.3, -0.25) is 0 Å². The maximum Gasteiger partial charge on any atom is 0.192 e. The van der Waals surface area contributed by atoms with E-state index in [1.54, 1.807) is 6.07 Å². The van der Waals surface area contributed by atoms with Gasteiger partial charge in [0.05, 0.1) is 4.90 Å². The van der Waals surface area contributed by atoms with Gasteiger partial charge in [-0.25, -0.2) is 8.42 Å². The van der Waals surface area contributed by atoms with Crippen LogP contribution in [0, 0.1) is 0 Å². The van der Waals surface area contributed by atoms with Gasteiger partial charge in [-0.2, -0.15) is 0 Å². The lowest BCUT2D eigenvalue weighted by Crippen LogP contribution is -2.01. The maximum atomic E-state index is 11.3. The van der Waals surface area contributed by atoms with Gasteiger partial charge >= 0.3 is 0 Å². The van der Waals surface area contributed by atoms with Crippen molar-refractivity contribution >= 4 is 53.3 Å². The van der Waals surface area contributed by atoms with Crippen molar-refractivity contribution in [2.45, 2.75) is 4.90 Å². The summed E-state index contributed by atoms with van der Waals surface area (Å²) in [4.78, 5) is 0.220. The summed E-state index contributed by atoms with van der Waals surface area (Å²) in [5.74, 6) is 0. The Morgan fingerprint density at radius 3 is 2.31 bits per heavy atom. The Morgan fingerprint density at radius 1 is 1.23 bits per heavy atom. The molecule has 13 heavy (non-hydrogen) atoms. The van der Waals surface area contributed by atoms with Gasteiger partial charge in [0.15, 0.2) is 9.84 Å². The van der Waals surface area contributed by atoms with Gasteiger partial charge in [-0.05, 0) is 50.1 Å². The van der Waals surface area contributed by atoms with Crippen LogP contribution in [0.2, 0.25) is 0 Å². The molecule has 0 bridgehead atoms. The molecule has 1 aromatic rings. The molecule has 0 aliphatic heterocycles. The molecule has 0 saturated heterocycles. The first-order valence-electron chi connectivity index (χ1n) is 3.21.